The van der Waals surface area contributed by atoms with Gasteiger partial charge in [-0.25, -0.2) is 0 Å². The van der Waals surface area contributed by atoms with E-state index < -0.39 is 11.9 Å². The molecule has 0 aliphatic rings. The maximum Gasteiger partial charge on any atom is 0.316 e. The van der Waals surface area contributed by atoms with Gasteiger partial charge in [0.1, 0.15) is 24.0 Å². The molecule has 0 saturated carbocycles. The largest absolute Gasteiger partial charge is 0.508 e. The summed E-state index contributed by atoms with van der Waals surface area (Å²) in [5.74, 6) is -0.259. The summed E-state index contributed by atoms with van der Waals surface area (Å²) in [5, 5.41) is 9.87. The fourth-order valence-electron chi connectivity index (χ4n) is 1.89. The highest BCUT2D eigenvalue weighted by atomic mass is 35.5. The number of aromatic hydroxyl groups is 1. The number of benzene rings is 2. The fourth-order valence-corrected chi connectivity index (χ4v) is 2.07. The van der Waals surface area contributed by atoms with Gasteiger partial charge in [0.25, 0.3) is 0 Å². The molecule has 0 radical (unpaired) electrons. The van der Waals surface area contributed by atoms with Crippen LogP contribution in [0.15, 0.2) is 48.5 Å². The van der Waals surface area contributed by atoms with Gasteiger partial charge in [0.05, 0.1) is 7.11 Å². The van der Waals surface area contributed by atoms with Crippen molar-refractivity contribution in [2.45, 2.75) is 5.92 Å². The van der Waals surface area contributed by atoms with Gasteiger partial charge in [0.2, 0.25) is 0 Å². The smallest absolute Gasteiger partial charge is 0.316 e. The molecule has 0 aromatic heterocycles. The zero-order chi connectivity index (χ0) is 15.2. The molecule has 0 spiro atoms. The van der Waals surface area contributed by atoms with Crippen LogP contribution in [0.2, 0.25) is 5.02 Å². The van der Waals surface area contributed by atoms with E-state index >= 15 is 0 Å². The van der Waals surface area contributed by atoms with E-state index in [2.05, 4.69) is 0 Å². The van der Waals surface area contributed by atoms with Gasteiger partial charge >= 0.3 is 5.97 Å². The Kier molecular flexibility index (Phi) is 5.06. The van der Waals surface area contributed by atoms with E-state index in [9.17, 15) is 9.90 Å². The highest BCUT2D eigenvalue weighted by Crippen LogP contribution is 2.23. The van der Waals surface area contributed by atoms with Crippen LogP contribution >= 0.6 is 11.6 Å². The average Bonchev–Trinajstić information content (AvgIpc) is 2.49. The summed E-state index contributed by atoms with van der Waals surface area (Å²) in [7, 11) is 1.33. The number of esters is 1. The minimum Gasteiger partial charge on any atom is -0.508 e. The van der Waals surface area contributed by atoms with Crippen LogP contribution in [0.1, 0.15) is 11.5 Å². The third-order valence-electron chi connectivity index (χ3n) is 2.99. The van der Waals surface area contributed by atoms with Crippen molar-refractivity contribution in [2.24, 2.45) is 0 Å². The molecule has 1 N–H and O–H groups in total. The Morgan fingerprint density at radius 2 is 1.95 bits per heavy atom. The van der Waals surface area contributed by atoms with Gasteiger partial charge in [-0.1, -0.05) is 29.8 Å². The van der Waals surface area contributed by atoms with Crippen LogP contribution in [0.3, 0.4) is 0 Å². The number of carbonyl (C=O) groups excluding carboxylic acids is 1. The van der Waals surface area contributed by atoms with Gasteiger partial charge in [-0.3, -0.25) is 4.79 Å². The summed E-state index contributed by atoms with van der Waals surface area (Å²) in [5.41, 5.74) is 0.710. The van der Waals surface area contributed by atoms with E-state index in [-0.39, 0.29) is 12.4 Å². The van der Waals surface area contributed by atoms with Crippen molar-refractivity contribution in [1.82, 2.24) is 0 Å². The SMILES string of the molecule is COC(=O)C(COc1cccc(Cl)c1)c1ccc(O)cc1. The maximum absolute atomic E-state index is 11.9. The zero-order valence-electron chi connectivity index (χ0n) is 11.5. The van der Waals surface area contributed by atoms with Gasteiger partial charge in [-0.15, -0.1) is 0 Å². The number of hydrogen-bond donors (Lipinski definition) is 1. The molecule has 1 unspecified atom stereocenters. The van der Waals surface area contributed by atoms with E-state index in [0.29, 0.717) is 16.3 Å². The molecule has 1 atom stereocenters. The second-order valence-corrected chi connectivity index (χ2v) is 4.87. The number of hydrogen-bond acceptors (Lipinski definition) is 4. The Labute approximate surface area is 127 Å². The first-order valence-corrected chi connectivity index (χ1v) is 6.73. The highest BCUT2D eigenvalue weighted by Gasteiger charge is 2.22. The lowest BCUT2D eigenvalue weighted by molar-refractivity contribution is -0.143. The number of ether oxygens (including phenoxy) is 2. The van der Waals surface area contributed by atoms with Gasteiger partial charge in [-0.05, 0) is 35.9 Å². The predicted molar refractivity (Wildman–Crippen MR) is 79.8 cm³/mol. The van der Waals surface area contributed by atoms with Gasteiger partial charge in [-0.2, -0.15) is 0 Å². The van der Waals surface area contributed by atoms with Crippen LogP contribution in [0.4, 0.5) is 0 Å². The number of halogens is 1. The van der Waals surface area contributed by atoms with E-state index in [4.69, 9.17) is 21.1 Å². The summed E-state index contributed by atoms with van der Waals surface area (Å²) in [6.45, 7) is 0.123. The van der Waals surface area contributed by atoms with Crippen molar-refractivity contribution in [3.63, 3.8) is 0 Å². The van der Waals surface area contributed by atoms with E-state index in [1.807, 2.05) is 0 Å². The predicted octanol–water partition coefficient (Wildman–Crippen LogP) is 3.38. The number of rotatable bonds is 5. The molecule has 110 valence electrons. The molecule has 0 bridgehead atoms. The Hall–Kier alpha value is -2.20. The molecule has 5 heteroatoms. The van der Waals surface area contributed by atoms with Crippen LogP contribution in [0.5, 0.6) is 11.5 Å². The maximum atomic E-state index is 11.9. The molecule has 2 rings (SSSR count). The van der Waals surface area contributed by atoms with Gasteiger partial charge < -0.3 is 14.6 Å². The molecule has 0 aliphatic heterocycles. The van der Waals surface area contributed by atoms with Crippen LogP contribution in [-0.2, 0) is 9.53 Å². The van der Waals surface area contributed by atoms with Crippen molar-refractivity contribution < 1.29 is 19.4 Å². The Bertz CT molecular complexity index is 610. The first kappa shape index (κ1) is 15.2. The molecule has 0 aliphatic carbocycles. The van der Waals surface area contributed by atoms with Crippen molar-refractivity contribution in [2.75, 3.05) is 13.7 Å². The third kappa shape index (κ3) is 4.13. The van der Waals surface area contributed by atoms with E-state index in [1.54, 1.807) is 36.4 Å². The van der Waals surface area contributed by atoms with Gasteiger partial charge in [0.15, 0.2) is 0 Å². The lowest BCUT2D eigenvalue weighted by Crippen LogP contribution is -2.21. The standard InChI is InChI=1S/C16H15ClO4/c1-20-16(19)15(11-5-7-13(18)8-6-11)10-21-14-4-2-3-12(17)9-14/h2-9,15,18H,10H2,1H3. The minimum atomic E-state index is -0.574. The lowest BCUT2D eigenvalue weighted by Gasteiger charge is -2.16. The Morgan fingerprint density at radius 3 is 2.57 bits per heavy atom. The summed E-state index contributed by atoms with van der Waals surface area (Å²) in [6, 6.07) is 13.3. The first-order valence-electron chi connectivity index (χ1n) is 6.35. The highest BCUT2D eigenvalue weighted by molar-refractivity contribution is 6.30. The fraction of sp³-hybridized carbons (Fsp3) is 0.188. The third-order valence-corrected chi connectivity index (χ3v) is 3.23. The lowest BCUT2D eigenvalue weighted by atomic mass is 10.00. The molecular formula is C16H15ClO4. The monoisotopic (exact) mass is 306 g/mol. The van der Waals surface area contributed by atoms with Crippen molar-refractivity contribution >= 4 is 17.6 Å². The number of carbonyl (C=O) groups is 1. The molecule has 0 fully saturated rings. The second kappa shape index (κ2) is 6.99. The summed E-state index contributed by atoms with van der Waals surface area (Å²) < 4.78 is 10.4. The number of phenolic OH excluding ortho intramolecular Hbond substituents is 1. The number of phenols is 1. The summed E-state index contributed by atoms with van der Waals surface area (Å²) in [4.78, 5) is 11.9. The second-order valence-electron chi connectivity index (χ2n) is 4.44. The van der Waals surface area contributed by atoms with Gasteiger partial charge in [0, 0.05) is 5.02 Å². The molecule has 2 aromatic rings. The van der Waals surface area contributed by atoms with E-state index in [1.165, 1.54) is 19.2 Å². The first-order chi connectivity index (χ1) is 10.1. The molecule has 0 saturated heterocycles. The molecule has 21 heavy (non-hydrogen) atoms. The Balaban J connectivity index is 2.13. The Morgan fingerprint density at radius 1 is 1.24 bits per heavy atom. The van der Waals surface area contributed by atoms with Crippen molar-refractivity contribution in [3.05, 3.63) is 59.1 Å². The van der Waals surface area contributed by atoms with Crippen LogP contribution in [0, 0.1) is 0 Å². The molecular weight excluding hydrogens is 292 g/mol. The minimum absolute atomic E-state index is 0.123. The zero-order valence-corrected chi connectivity index (χ0v) is 12.2. The molecule has 4 nitrogen and oxygen atoms in total. The topological polar surface area (TPSA) is 55.8 Å². The average molecular weight is 307 g/mol. The van der Waals surface area contributed by atoms with Crippen molar-refractivity contribution in [1.29, 1.82) is 0 Å². The molecule has 0 heterocycles. The summed E-state index contributed by atoms with van der Waals surface area (Å²) in [6.07, 6.45) is 0. The van der Waals surface area contributed by atoms with Crippen LogP contribution in [-0.4, -0.2) is 24.8 Å². The number of methoxy groups -OCH3 is 1. The molecule has 2 aromatic carbocycles. The quantitative estimate of drug-likeness (QED) is 0.860. The van der Waals surface area contributed by atoms with Crippen LogP contribution < -0.4 is 4.74 Å². The summed E-state index contributed by atoms with van der Waals surface area (Å²) >= 11 is 5.89. The van der Waals surface area contributed by atoms with Crippen LogP contribution in [0.25, 0.3) is 0 Å². The van der Waals surface area contributed by atoms with E-state index in [0.717, 1.165) is 0 Å². The van der Waals surface area contributed by atoms with Crippen molar-refractivity contribution in [3.8, 4) is 11.5 Å². The molecule has 0 amide bonds. The normalized spacial score (nSPS) is 11.7.